The molecule has 1 aliphatic rings. The number of piperidine rings is 1. The Morgan fingerprint density at radius 3 is 2.67 bits per heavy atom. The van der Waals surface area contributed by atoms with E-state index in [1.807, 2.05) is 30.0 Å². The third-order valence-corrected chi connectivity index (χ3v) is 3.55. The molecule has 0 radical (unpaired) electrons. The van der Waals surface area contributed by atoms with Crippen molar-refractivity contribution >= 4 is 11.7 Å². The van der Waals surface area contributed by atoms with Gasteiger partial charge in [0.2, 0.25) is 0 Å². The second-order valence-corrected chi connectivity index (χ2v) is 4.73. The second-order valence-electron chi connectivity index (χ2n) is 4.73. The van der Waals surface area contributed by atoms with Crippen molar-refractivity contribution < 1.29 is 4.79 Å². The molecule has 2 amide bonds. The van der Waals surface area contributed by atoms with E-state index in [9.17, 15) is 4.79 Å². The van der Waals surface area contributed by atoms with Crippen LogP contribution in [0.25, 0.3) is 0 Å². The first kappa shape index (κ1) is 12.7. The van der Waals surface area contributed by atoms with Gasteiger partial charge in [-0.2, -0.15) is 0 Å². The fraction of sp³-hybridized carbons (Fsp3) is 0.500. The molecule has 0 bridgehead atoms. The molecule has 1 saturated heterocycles. The molecule has 1 heterocycles. The Bertz CT molecular complexity index is 411. The predicted octanol–water partition coefficient (Wildman–Crippen LogP) is 2.18. The van der Waals surface area contributed by atoms with Crippen LogP contribution in [0.15, 0.2) is 24.3 Å². The number of hydrogen-bond acceptors (Lipinski definition) is 2. The van der Waals surface area contributed by atoms with Crippen molar-refractivity contribution in [2.24, 2.45) is 0 Å². The number of rotatable bonds is 2. The largest absolute Gasteiger partial charge is 0.398 e. The van der Waals surface area contributed by atoms with Gasteiger partial charge in [0.1, 0.15) is 0 Å². The van der Waals surface area contributed by atoms with E-state index in [0.29, 0.717) is 12.5 Å². The quantitative estimate of drug-likeness (QED) is 0.787. The van der Waals surface area contributed by atoms with Crippen molar-refractivity contribution in [2.75, 3.05) is 25.4 Å². The van der Waals surface area contributed by atoms with Gasteiger partial charge in [-0.05, 0) is 37.3 Å². The Morgan fingerprint density at radius 1 is 1.39 bits per heavy atom. The monoisotopic (exact) mass is 247 g/mol. The average molecular weight is 247 g/mol. The molecule has 0 aliphatic carbocycles. The molecule has 4 nitrogen and oxygen atoms in total. The summed E-state index contributed by atoms with van der Waals surface area (Å²) in [6.07, 6.45) is 1.98. The molecule has 3 N–H and O–H groups in total. The summed E-state index contributed by atoms with van der Waals surface area (Å²) in [5, 5.41) is 2.84. The fourth-order valence-corrected chi connectivity index (χ4v) is 2.54. The van der Waals surface area contributed by atoms with Crippen LogP contribution < -0.4 is 11.1 Å². The van der Waals surface area contributed by atoms with E-state index in [0.717, 1.165) is 31.6 Å². The smallest absolute Gasteiger partial charge is 0.317 e. The summed E-state index contributed by atoms with van der Waals surface area (Å²) in [6, 6.07) is 8.09. The highest BCUT2D eigenvalue weighted by atomic mass is 16.2. The minimum atomic E-state index is 0.0528. The number of urea groups is 1. The van der Waals surface area contributed by atoms with Gasteiger partial charge in [-0.1, -0.05) is 18.2 Å². The Kier molecular flexibility index (Phi) is 4.07. The van der Waals surface area contributed by atoms with Crippen LogP contribution in [-0.2, 0) is 0 Å². The van der Waals surface area contributed by atoms with Gasteiger partial charge in [-0.25, -0.2) is 4.79 Å². The summed E-state index contributed by atoms with van der Waals surface area (Å²) in [5.74, 6) is 0.483. The predicted molar refractivity (Wildman–Crippen MR) is 73.5 cm³/mol. The first-order valence-electron chi connectivity index (χ1n) is 6.59. The summed E-state index contributed by atoms with van der Waals surface area (Å²) in [4.78, 5) is 13.6. The maximum atomic E-state index is 11.7. The molecule has 1 aliphatic heterocycles. The highest BCUT2D eigenvalue weighted by molar-refractivity contribution is 5.74. The Morgan fingerprint density at radius 2 is 2.06 bits per heavy atom. The lowest BCUT2D eigenvalue weighted by molar-refractivity contribution is 0.182. The number of carbonyl (C=O) groups excluding carboxylic acids is 1. The molecule has 0 spiro atoms. The van der Waals surface area contributed by atoms with E-state index in [1.165, 1.54) is 5.56 Å². The molecule has 18 heavy (non-hydrogen) atoms. The highest BCUT2D eigenvalue weighted by Gasteiger charge is 2.24. The molecule has 1 aromatic carbocycles. The average Bonchev–Trinajstić information content (AvgIpc) is 2.40. The van der Waals surface area contributed by atoms with Gasteiger partial charge >= 0.3 is 6.03 Å². The van der Waals surface area contributed by atoms with Crippen LogP contribution in [0.1, 0.15) is 31.2 Å². The van der Waals surface area contributed by atoms with Crippen LogP contribution in [0.2, 0.25) is 0 Å². The van der Waals surface area contributed by atoms with E-state index in [2.05, 4.69) is 11.4 Å². The van der Waals surface area contributed by atoms with Crippen LogP contribution in [0.5, 0.6) is 0 Å². The highest BCUT2D eigenvalue weighted by Crippen LogP contribution is 2.31. The number of nitrogens with one attached hydrogen (secondary N) is 1. The topological polar surface area (TPSA) is 58.4 Å². The minimum absolute atomic E-state index is 0.0528. The molecule has 0 saturated carbocycles. The fourth-order valence-electron chi connectivity index (χ4n) is 2.54. The third kappa shape index (κ3) is 2.75. The zero-order chi connectivity index (χ0) is 13.0. The molecule has 0 unspecified atom stereocenters. The van der Waals surface area contributed by atoms with E-state index in [-0.39, 0.29) is 6.03 Å². The molecule has 0 atom stereocenters. The summed E-state index contributed by atoms with van der Waals surface area (Å²) < 4.78 is 0. The number of anilines is 1. The van der Waals surface area contributed by atoms with Crippen LogP contribution in [0, 0.1) is 0 Å². The molecule has 98 valence electrons. The zero-order valence-electron chi connectivity index (χ0n) is 10.9. The number of nitrogen functional groups attached to an aromatic ring is 1. The molecule has 4 heteroatoms. The summed E-state index contributed by atoms with van der Waals surface area (Å²) >= 11 is 0. The maximum Gasteiger partial charge on any atom is 0.317 e. The number of nitrogens with two attached hydrogens (primary N) is 1. The van der Waals surface area contributed by atoms with Crippen LogP contribution in [0.4, 0.5) is 10.5 Å². The van der Waals surface area contributed by atoms with Crippen molar-refractivity contribution in [1.82, 2.24) is 10.2 Å². The normalized spacial score (nSPS) is 16.6. The van der Waals surface area contributed by atoms with Crippen molar-refractivity contribution in [2.45, 2.75) is 25.7 Å². The van der Waals surface area contributed by atoms with Crippen molar-refractivity contribution in [3.05, 3.63) is 29.8 Å². The second kappa shape index (κ2) is 5.76. The van der Waals surface area contributed by atoms with E-state index in [4.69, 9.17) is 5.73 Å². The summed E-state index contributed by atoms with van der Waals surface area (Å²) in [7, 11) is 0. The number of para-hydroxylation sites is 1. The molecule has 1 fully saturated rings. The number of nitrogens with zero attached hydrogens (tertiary/aromatic N) is 1. The molecule has 1 aromatic rings. The third-order valence-electron chi connectivity index (χ3n) is 3.55. The summed E-state index contributed by atoms with van der Waals surface area (Å²) in [6.45, 7) is 4.25. The SMILES string of the molecule is CCNC(=O)N1CCC(c2ccccc2N)CC1. The standard InChI is InChI=1S/C14H21N3O/c1-2-16-14(18)17-9-7-11(8-10-17)12-5-3-4-6-13(12)15/h3-6,11H,2,7-10,15H2,1H3,(H,16,18). The maximum absolute atomic E-state index is 11.7. The molecular formula is C14H21N3O. The first-order valence-corrected chi connectivity index (χ1v) is 6.59. The molecule has 2 rings (SSSR count). The van der Waals surface area contributed by atoms with Crippen molar-refractivity contribution in [3.8, 4) is 0 Å². The van der Waals surface area contributed by atoms with Crippen LogP contribution in [-0.4, -0.2) is 30.6 Å². The molecule has 0 aromatic heterocycles. The first-order chi connectivity index (χ1) is 8.72. The van der Waals surface area contributed by atoms with Gasteiger partial charge in [0.15, 0.2) is 0 Å². The number of benzene rings is 1. The Hall–Kier alpha value is -1.71. The van der Waals surface area contributed by atoms with E-state index < -0.39 is 0 Å². The lowest BCUT2D eigenvalue weighted by Crippen LogP contribution is -2.44. The van der Waals surface area contributed by atoms with Gasteiger partial charge in [-0.3, -0.25) is 0 Å². The number of carbonyl (C=O) groups is 1. The lowest BCUT2D eigenvalue weighted by Gasteiger charge is -2.32. The Labute approximate surface area is 108 Å². The molecular weight excluding hydrogens is 226 g/mol. The van der Waals surface area contributed by atoms with Gasteiger partial charge in [0, 0.05) is 25.3 Å². The minimum Gasteiger partial charge on any atom is -0.398 e. The van der Waals surface area contributed by atoms with Gasteiger partial charge in [0.25, 0.3) is 0 Å². The number of hydrogen-bond donors (Lipinski definition) is 2. The van der Waals surface area contributed by atoms with Gasteiger partial charge < -0.3 is 16.0 Å². The van der Waals surface area contributed by atoms with E-state index in [1.54, 1.807) is 0 Å². The van der Waals surface area contributed by atoms with Crippen molar-refractivity contribution in [3.63, 3.8) is 0 Å². The van der Waals surface area contributed by atoms with Crippen molar-refractivity contribution in [1.29, 1.82) is 0 Å². The van der Waals surface area contributed by atoms with Gasteiger partial charge in [-0.15, -0.1) is 0 Å². The number of amides is 2. The van der Waals surface area contributed by atoms with Gasteiger partial charge in [0.05, 0.1) is 0 Å². The van der Waals surface area contributed by atoms with Crippen LogP contribution in [0.3, 0.4) is 0 Å². The Balaban J connectivity index is 1.95. The zero-order valence-corrected chi connectivity index (χ0v) is 10.9. The lowest BCUT2D eigenvalue weighted by atomic mass is 9.88. The summed E-state index contributed by atoms with van der Waals surface area (Å²) in [5.41, 5.74) is 8.10. The van der Waals surface area contributed by atoms with E-state index >= 15 is 0 Å². The number of likely N-dealkylation sites (tertiary alicyclic amines) is 1. The van der Waals surface area contributed by atoms with Crippen LogP contribution >= 0.6 is 0 Å².